The highest BCUT2D eigenvalue weighted by molar-refractivity contribution is 5.44. The molecule has 0 aliphatic carbocycles. The molecule has 0 aliphatic heterocycles. The Balaban J connectivity index is 2.80. The van der Waals surface area contributed by atoms with Gasteiger partial charge in [-0.3, -0.25) is 0 Å². The molecule has 0 aromatic carbocycles. The first-order valence-electron chi connectivity index (χ1n) is 3.64. The Morgan fingerprint density at radius 3 is 2.86 bits per heavy atom. The lowest BCUT2D eigenvalue weighted by molar-refractivity contribution is -0.405. The molecule has 0 bridgehead atoms. The van der Waals surface area contributed by atoms with Gasteiger partial charge in [-0.05, 0) is 16.9 Å². The van der Waals surface area contributed by atoms with Crippen LogP contribution in [0.2, 0.25) is 0 Å². The standard InChI is InChI=1S/C6H5N5O3/c1-3-2-4-7-8-5(11(13)14)6(12)10(4)9-3/h2,12H,1H3/p-1. The van der Waals surface area contributed by atoms with Gasteiger partial charge in [0.25, 0.3) is 0 Å². The topological polar surface area (TPSA) is 109 Å². The van der Waals surface area contributed by atoms with E-state index in [2.05, 4.69) is 15.3 Å². The molecule has 0 aliphatic rings. The summed E-state index contributed by atoms with van der Waals surface area (Å²) in [5.74, 6) is -1.69. The summed E-state index contributed by atoms with van der Waals surface area (Å²) in [7, 11) is 0. The van der Waals surface area contributed by atoms with E-state index in [-0.39, 0.29) is 5.65 Å². The molecule has 2 rings (SSSR count). The predicted molar refractivity (Wildman–Crippen MR) is 41.6 cm³/mol. The van der Waals surface area contributed by atoms with Crippen LogP contribution in [0.4, 0.5) is 5.82 Å². The Labute approximate surface area is 77.0 Å². The average molecular weight is 194 g/mol. The molecule has 0 saturated carbocycles. The number of fused-ring (bicyclic) bond motifs is 1. The molecule has 8 nitrogen and oxygen atoms in total. The van der Waals surface area contributed by atoms with Crippen LogP contribution in [0.25, 0.3) is 5.65 Å². The van der Waals surface area contributed by atoms with E-state index in [0.29, 0.717) is 5.69 Å². The van der Waals surface area contributed by atoms with Crippen molar-refractivity contribution in [2.24, 2.45) is 0 Å². The maximum absolute atomic E-state index is 11.3. The maximum atomic E-state index is 11.3. The van der Waals surface area contributed by atoms with Gasteiger partial charge in [-0.25, -0.2) is 4.52 Å². The smallest absolute Gasteiger partial charge is 0.401 e. The molecule has 72 valence electrons. The van der Waals surface area contributed by atoms with Gasteiger partial charge >= 0.3 is 5.82 Å². The lowest BCUT2D eigenvalue weighted by Crippen LogP contribution is -2.08. The Morgan fingerprint density at radius 1 is 1.50 bits per heavy atom. The largest absolute Gasteiger partial charge is 0.853 e. The molecule has 2 aromatic rings. The second-order valence-electron chi connectivity index (χ2n) is 2.64. The zero-order chi connectivity index (χ0) is 10.3. The normalized spacial score (nSPS) is 10.6. The van der Waals surface area contributed by atoms with Crippen LogP contribution >= 0.6 is 0 Å². The van der Waals surface area contributed by atoms with Gasteiger partial charge in [0.05, 0.1) is 16.7 Å². The first-order chi connectivity index (χ1) is 6.59. The van der Waals surface area contributed by atoms with Crippen LogP contribution < -0.4 is 5.11 Å². The minimum Gasteiger partial charge on any atom is -0.853 e. The summed E-state index contributed by atoms with van der Waals surface area (Å²) >= 11 is 0. The van der Waals surface area contributed by atoms with Crippen LogP contribution in [0, 0.1) is 17.0 Å². The van der Waals surface area contributed by atoms with Crippen LogP contribution in [0.3, 0.4) is 0 Å². The lowest BCUT2D eigenvalue weighted by Gasteiger charge is -2.05. The first kappa shape index (κ1) is 8.35. The Bertz CT molecular complexity index is 519. The second kappa shape index (κ2) is 2.62. The van der Waals surface area contributed by atoms with Crippen LogP contribution in [0.1, 0.15) is 5.69 Å². The van der Waals surface area contributed by atoms with E-state index in [0.717, 1.165) is 4.52 Å². The molecule has 0 atom stereocenters. The number of aryl methyl sites for hydroxylation is 1. The molecular weight excluding hydrogens is 190 g/mol. The number of hydrogen-bond donors (Lipinski definition) is 0. The van der Waals surface area contributed by atoms with Crippen LogP contribution in [-0.2, 0) is 0 Å². The summed E-state index contributed by atoms with van der Waals surface area (Å²) in [6, 6.07) is 1.51. The number of aromatic nitrogens is 4. The van der Waals surface area contributed by atoms with Gasteiger partial charge < -0.3 is 15.2 Å². The highest BCUT2D eigenvalue weighted by Gasteiger charge is 2.14. The van der Waals surface area contributed by atoms with Gasteiger partial charge in [-0.1, -0.05) is 0 Å². The second-order valence-corrected chi connectivity index (χ2v) is 2.64. The van der Waals surface area contributed by atoms with Crippen molar-refractivity contribution in [1.82, 2.24) is 19.8 Å². The monoisotopic (exact) mass is 194 g/mol. The van der Waals surface area contributed by atoms with E-state index < -0.39 is 16.6 Å². The van der Waals surface area contributed by atoms with Crippen molar-refractivity contribution in [3.05, 3.63) is 21.9 Å². The molecule has 14 heavy (non-hydrogen) atoms. The van der Waals surface area contributed by atoms with Gasteiger partial charge in [0.15, 0.2) is 0 Å². The van der Waals surface area contributed by atoms with Crippen molar-refractivity contribution in [3.63, 3.8) is 0 Å². The molecule has 0 unspecified atom stereocenters. The fourth-order valence-corrected chi connectivity index (χ4v) is 1.06. The summed E-state index contributed by atoms with van der Waals surface area (Å²) in [4.78, 5) is 9.45. The van der Waals surface area contributed by atoms with E-state index in [9.17, 15) is 15.2 Å². The molecule has 0 amide bonds. The molecule has 2 heterocycles. The van der Waals surface area contributed by atoms with Crippen molar-refractivity contribution < 1.29 is 10.0 Å². The van der Waals surface area contributed by atoms with Crippen molar-refractivity contribution in [3.8, 4) is 5.88 Å². The summed E-state index contributed by atoms with van der Waals surface area (Å²) < 4.78 is 0.862. The van der Waals surface area contributed by atoms with Crippen molar-refractivity contribution >= 4 is 11.5 Å². The number of nitrogens with zero attached hydrogens (tertiary/aromatic N) is 5. The summed E-state index contributed by atoms with van der Waals surface area (Å²) in [5, 5.41) is 32.1. The zero-order valence-electron chi connectivity index (χ0n) is 7.04. The van der Waals surface area contributed by atoms with E-state index in [1.165, 1.54) is 6.07 Å². The molecule has 2 aromatic heterocycles. The number of rotatable bonds is 1. The molecule has 0 saturated heterocycles. The fraction of sp³-hybridized carbons (Fsp3) is 0.167. The van der Waals surface area contributed by atoms with E-state index in [1.54, 1.807) is 6.92 Å². The fourth-order valence-electron chi connectivity index (χ4n) is 1.06. The molecule has 0 fully saturated rings. The quantitative estimate of drug-likeness (QED) is 0.443. The van der Waals surface area contributed by atoms with Gasteiger partial charge in [0, 0.05) is 6.07 Å². The van der Waals surface area contributed by atoms with E-state index in [4.69, 9.17) is 0 Å². The summed E-state index contributed by atoms with van der Waals surface area (Å²) in [6.07, 6.45) is 0. The van der Waals surface area contributed by atoms with Gasteiger partial charge in [0.1, 0.15) is 0 Å². The first-order valence-corrected chi connectivity index (χ1v) is 3.64. The van der Waals surface area contributed by atoms with Gasteiger partial charge in [-0.15, -0.1) is 0 Å². The summed E-state index contributed by atoms with van der Waals surface area (Å²) in [6.45, 7) is 1.65. The zero-order valence-corrected chi connectivity index (χ0v) is 7.04. The SMILES string of the molecule is Cc1cc2nnc([N+](=O)[O-])c([O-])n2n1. The molecular formula is C6H4N5O3-. The van der Waals surface area contributed by atoms with Crippen molar-refractivity contribution in [2.75, 3.05) is 0 Å². The van der Waals surface area contributed by atoms with Crippen LogP contribution in [0.5, 0.6) is 5.88 Å². The minimum absolute atomic E-state index is 0.207. The predicted octanol–water partition coefficient (Wildman–Crippen LogP) is -0.585. The molecule has 8 heteroatoms. The Hall–Kier alpha value is -2.25. The highest BCUT2D eigenvalue weighted by Crippen LogP contribution is 2.18. The van der Waals surface area contributed by atoms with Gasteiger partial charge in [-0.2, -0.15) is 5.10 Å². The molecule has 0 spiro atoms. The molecule has 0 radical (unpaired) electrons. The van der Waals surface area contributed by atoms with E-state index >= 15 is 0 Å². The number of hydrogen-bond acceptors (Lipinski definition) is 6. The maximum Gasteiger partial charge on any atom is 0.401 e. The van der Waals surface area contributed by atoms with Crippen molar-refractivity contribution in [2.45, 2.75) is 6.92 Å². The molecule has 0 N–H and O–H groups in total. The lowest BCUT2D eigenvalue weighted by atomic mass is 10.5. The third-order valence-electron chi connectivity index (χ3n) is 1.62. The van der Waals surface area contributed by atoms with Crippen LogP contribution in [-0.4, -0.2) is 24.7 Å². The third-order valence-corrected chi connectivity index (χ3v) is 1.62. The van der Waals surface area contributed by atoms with Crippen LogP contribution in [0.15, 0.2) is 6.07 Å². The average Bonchev–Trinajstić information content (AvgIpc) is 2.46. The third kappa shape index (κ3) is 1.04. The Morgan fingerprint density at radius 2 is 2.21 bits per heavy atom. The highest BCUT2D eigenvalue weighted by atomic mass is 16.6. The summed E-state index contributed by atoms with van der Waals surface area (Å²) in [5.41, 5.74) is 0.759. The van der Waals surface area contributed by atoms with Gasteiger partial charge in [0.2, 0.25) is 5.65 Å². The minimum atomic E-state index is -0.883. The van der Waals surface area contributed by atoms with Crippen molar-refractivity contribution in [1.29, 1.82) is 0 Å². The number of nitro groups is 1. The van der Waals surface area contributed by atoms with E-state index in [1.807, 2.05) is 0 Å². The Kier molecular flexibility index (Phi) is 1.56.